The predicted molar refractivity (Wildman–Crippen MR) is 64.4 cm³/mol. The van der Waals surface area contributed by atoms with E-state index >= 15 is 0 Å². The van der Waals surface area contributed by atoms with Gasteiger partial charge in [-0.1, -0.05) is 0 Å². The molecule has 0 saturated carbocycles. The van der Waals surface area contributed by atoms with Crippen molar-refractivity contribution in [2.45, 2.75) is 12.8 Å². The first-order valence-corrected chi connectivity index (χ1v) is 6.59. The summed E-state index contributed by atoms with van der Waals surface area (Å²) in [4.78, 5) is 16.5. The van der Waals surface area contributed by atoms with Gasteiger partial charge in [-0.25, -0.2) is 0 Å². The van der Waals surface area contributed by atoms with Gasteiger partial charge in [0.1, 0.15) is 0 Å². The van der Waals surface area contributed by atoms with Gasteiger partial charge < -0.3 is 30.6 Å². The van der Waals surface area contributed by atoms with Crippen LogP contribution in [0.1, 0.15) is 12.8 Å². The van der Waals surface area contributed by atoms with Crippen LogP contribution >= 0.6 is 0 Å². The number of allylic oxidation sites excluding steroid dienone is 8. The first-order valence-electron chi connectivity index (χ1n) is 5.03. The Labute approximate surface area is 117 Å². The molecule has 8 nitrogen and oxygen atoms in total. The Hall–Kier alpha value is -1.93. The predicted octanol–water partition coefficient (Wildman–Crippen LogP) is 2.28. The van der Waals surface area contributed by atoms with Gasteiger partial charge in [0, 0.05) is 0 Å². The van der Waals surface area contributed by atoms with Crippen molar-refractivity contribution in [2.24, 2.45) is 0 Å². The van der Waals surface area contributed by atoms with Crippen molar-refractivity contribution in [1.82, 2.24) is 0 Å². The maximum absolute atomic E-state index is 8.25. The van der Waals surface area contributed by atoms with Gasteiger partial charge in [-0.05, 0) is 0 Å². The summed E-state index contributed by atoms with van der Waals surface area (Å²) in [5.74, 6) is 0. The third-order valence-electron chi connectivity index (χ3n) is 1.86. The molecule has 0 aromatic rings. The first-order chi connectivity index (χ1) is 8.91. The van der Waals surface area contributed by atoms with Gasteiger partial charge >= 0.3 is 76.2 Å². The maximum Gasteiger partial charge on any atom is 0.0689 e. The molecule has 9 heteroatoms. The average Bonchev–Trinajstić information content (AvgIpc) is 2.89. The summed E-state index contributed by atoms with van der Waals surface area (Å²) in [6.45, 7) is 0. The van der Waals surface area contributed by atoms with Crippen molar-refractivity contribution in [2.75, 3.05) is 0 Å². The zero-order valence-corrected chi connectivity index (χ0v) is 11.3. The van der Waals surface area contributed by atoms with E-state index in [4.69, 9.17) is 30.6 Å². The molecule has 2 aliphatic carbocycles. The van der Waals surface area contributed by atoms with Crippen molar-refractivity contribution >= 4 is 0 Å². The quantitative estimate of drug-likeness (QED) is 0.436. The van der Waals surface area contributed by atoms with Gasteiger partial charge in [0.2, 0.25) is 0 Å². The molecule has 100 valence electrons. The van der Waals surface area contributed by atoms with Gasteiger partial charge in [-0.2, -0.15) is 0 Å². The summed E-state index contributed by atoms with van der Waals surface area (Å²) in [6, 6.07) is 0. The molecule has 0 N–H and O–H groups in total. The van der Waals surface area contributed by atoms with Crippen LogP contribution in [-0.4, -0.2) is 10.2 Å². The standard InChI is InChI=1S/2C5H5.2NO3.Ti/c2*1-2-4-5-3-1;2*2-1(3)4;/h2*1-3H,4H2;;;/q;;2*-1;+2. The fraction of sp³-hybridized carbons (Fsp3) is 0.200. The second-order valence-corrected chi connectivity index (χ2v) is 5.62. The summed E-state index contributed by atoms with van der Waals surface area (Å²) in [5.41, 5.74) is 0. The molecule has 0 bridgehead atoms. The van der Waals surface area contributed by atoms with Crippen molar-refractivity contribution in [3.63, 3.8) is 0 Å². The molecule has 0 aromatic carbocycles. The molecule has 0 saturated heterocycles. The summed E-state index contributed by atoms with van der Waals surface area (Å²) < 4.78 is 3.36. The fourth-order valence-corrected chi connectivity index (χ4v) is 3.18. The molecule has 0 amide bonds. The van der Waals surface area contributed by atoms with Gasteiger partial charge in [-0.15, -0.1) is 0 Å². The molecular formula is C10H10N2O6Ti. The van der Waals surface area contributed by atoms with Crippen LogP contribution in [0.15, 0.2) is 44.2 Å². The topological polar surface area (TPSA) is 132 Å². The van der Waals surface area contributed by atoms with Gasteiger partial charge in [0.25, 0.3) is 0 Å². The van der Waals surface area contributed by atoms with E-state index in [1.54, 1.807) is 7.76 Å². The molecule has 0 spiro atoms. The minimum absolute atomic E-state index is 0.0833. The smallest absolute Gasteiger partial charge is 0.0689 e. The molecule has 0 aliphatic heterocycles. The Morgan fingerprint density at radius 2 is 1.16 bits per heavy atom. The Balaban J connectivity index is 0.000000342. The second-order valence-electron chi connectivity index (χ2n) is 3.22. The van der Waals surface area contributed by atoms with E-state index in [9.17, 15) is 0 Å². The van der Waals surface area contributed by atoms with E-state index < -0.39 is 10.2 Å². The summed E-state index contributed by atoms with van der Waals surface area (Å²) in [6.07, 6.45) is 15.9. The van der Waals surface area contributed by atoms with E-state index in [1.807, 2.05) is 0 Å². The molecular weight excluding hydrogens is 292 g/mol. The number of hydrogen-bond donors (Lipinski definition) is 0. The van der Waals surface area contributed by atoms with E-state index in [1.165, 1.54) is 12.8 Å². The zero-order chi connectivity index (χ0) is 14.7. The summed E-state index contributed by atoms with van der Waals surface area (Å²) in [7, 11) is 0. The van der Waals surface area contributed by atoms with E-state index in [-0.39, 0.29) is 19.2 Å². The molecule has 0 radical (unpaired) electrons. The van der Waals surface area contributed by atoms with Crippen LogP contribution in [0.3, 0.4) is 0 Å². The number of hydrogen-bond acceptors (Lipinski definition) is 6. The number of nitrogens with zero attached hydrogens (tertiary/aromatic N) is 2. The third kappa shape index (κ3) is 12.3. The molecule has 0 heterocycles. The van der Waals surface area contributed by atoms with E-state index in [0.717, 1.165) is 0 Å². The first kappa shape index (κ1) is 17.1. The Morgan fingerprint density at radius 3 is 1.37 bits per heavy atom. The van der Waals surface area contributed by atoms with Crippen LogP contribution in [0.25, 0.3) is 0 Å². The largest absolute Gasteiger partial charge is 0.356 e. The monoisotopic (exact) mass is 302 g/mol. The van der Waals surface area contributed by atoms with Gasteiger partial charge in [-0.3, -0.25) is 0 Å². The summed E-state index contributed by atoms with van der Waals surface area (Å²) in [5, 5.41) is 29.5. The van der Waals surface area contributed by atoms with Crippen molar-refractivity contribution in [3.8, 4) is 0 Å². The molecule has 0 atom stereocenters. The Kier molecular flexibility index (Phi) is 9.02. The van der Waals surface area contributed by atoms with Crippen molar-refractivity contribution in [1.29, 1.82) is 0 Å². The van der Waals surface area contributed by atoms with Gasteiger partial charge in [0.05, 0.1) is 10.2 Å². The van der Waals surface area contributed by atoms with Crippen LogP contribution < -0.4 is 0 Å². The Bertz CT molecular complexity index is 393. The third-order valence-corrected chi connectivity index (χ3v) is 4.02. The summed E-state index contributed by atoms with van der Waals surface area (Å²) >= 11 is 0.0833. The van der Waals surface area contributed by atoms with Crippen molar-refractivity contribution in [3.05, 3.63) is 74.9 Å². The molecule has 0 fully saturated rings. The molecule has 0 aromatic heterocycles. The maximum atomic E-state index is 8.25. The van der Waals surface area contributed by atoms with Crippen LogP contribution in [-0.2, 0) is 19.2 Å². The molecule has 0 unspecified atom stereocenters. The minimum atomic E-state index is -1.75. The average molecular weight is 302 g/mol. The van der Waals surface area contributed by atoms with Crippen LogP contribution in [0, 0.1) is 30.6 Å². The molecule has 19 heavy (non-hydrogen) atoms. The van der Waals surface area contributed by atoms with Crippen LogP contribution in [0.5, 0.6) is 0 Å². The Morgan fingerprint density at radius 1 is 0.842 bits per heavy atom. The van der Waals surface area contributed by atoms with Crippen molar-refractivity contribution < 1.29 is 29.3 Å². The number of rotatable bonds is 2. The van der Waals surface area contributed by atoms with Gasteiger partial charge in [0.15, 0.2) is 0 Å². The minimum Gasteiger partial charge on any atom is -0.356 e. The normalized spacial score (nSPS) is 14.1. The SMILES string of the molecule is C1=CC[C]([Ti+2][C]2=CC=CC2)=C1.O=[N+]([O-])[O-].O=[N+]([O-])[O-]. The molecule has 2 aliphatic rings. The van der Waals surface area contributed by atoms with E-state index in [0.29, 0.717) is 0 Å². The molecule has 2 rings (SSSR count). The second kappa shape index (κ2) is 10.0. The van der Waals surface area contributed by atoms with Crippen LogP contribution in [0.4, 0.5) is 0 Å². The van der Waals surface area contributed by atoms with Crippen LogP contribution in [0.2, 0.25) is 0 Å². The zero-order valence-electron chi connectivity index (χ0n) is 9.72. The fourth-order valence-electron chi connectivity index (χ4n) is 1.29. The van der Waals surface area contributed by atoms with E-state index in [2.05, 4.69) is 36.5 Å².